The molecule has 1 rings (SSSR count). The van der Waals surface area contributed by atoms with E-state index in [0.29, 0.717) is 0 Å². The number of rotatable bonds is 6. The number of hydrogen-bond acceptors (Lipinski definition) is 6. The van der Waals surface area contributed by atoms with Crippen molar-refractivity contribution in [2.75, 3.05) is 5.43 Å². The minimum Gasteiger partial charge on any atom is -0.272 e. The van der Waals surface area contributed by atoms with Gasteiger partial charge in [-0.05, 0) is 18.6 Å². The van der Waals surface area contributed by atoms with Gasteiger partial charge in [0.1, 0.15) is 5.69 Å². The fraction of sp³-hybridized carbons (Fsp3) is 0.0833. The second-order valence-electron chi connectivity index (χ2n) is 3.73. The number of hydrazone groups is 1. The third-order valence-corrected chi connectivity index (χ3v) is 2.22. The lowest BCUT2D eigenvalue weighted by molar-refractivity contribution is -0.393. The van der Waals surface area contributed by atoms with Crippen LogP contribution in [0.25, 0.3) is 0 Å². The first-order valence-electron chi connectivity index (χ1n) is 5.47. The molecular formula is C12H12N4O4. The first kappa shape index (κ1) is 15.0. The van der Waals surface area contributed by atoms with Crippen LogP contribution in [0.2, 0.25) is 0 Å². The van der Waals surface area contributed by atoms with Crippen molar-refractivity contribution in [2.45, 2.75) is 6.92 Å². The van der Waals surface area contributed by atoms with Gasteiger partial charge in [-0.1, -0.05) is 18.7 Å². The molecule has 8 heteroatoms. The van der Waals surface area contributed by atoms with Crippen LogP contribution in [0.4, 0.5) is 17.1 Å². The molecule has 0 amide bonds. The van der Waals surface area contributed by atoms with Gasteiger partial charge in [-0.3, -0.25) is 25.7 Å². The van der Waals surface area contributed by atoms with Crippen LogP contribution in [0.3, 0.4) is 0 Å². The van der Waals surface area contributed by atoms with Gasteiger partial charge in [-0.15, -0.1) is 0 Å². The van der Waals surface area contributed by atoms with E-state index in [1.54, 1.807) is 19.1 Å². The molecule has 1 aromatic carbocycles. The van der Waals surface area contributed by atoms with Crippen molar-refractivity contribution >= 4 is 23.3 Å². The Morgan fingerprint density at radius 3 is 2.60 bits per heavy atom. The highest BCUT2D eigenvalue weighted by Gasteiger charge is 2.18. The maximum atomic E-state index is 10.9. The van der Waals surface area contributed by atoms with E-state index in [2.05, 4.69) is 17.1 Å². The summed E-state index contributed by atoms with van der Waals surface area (Å²) in [6, 6.07) is 3.28. The Morgan fingerprint density at radius 1 is 1.35 bits per heavy atom. The molecule has 104 valence electrons. The highest BCUT2D eigenvalue weighted by molar-refractivity contribution is 5.79. The second-order valence-corrected chi connectivity index (χ2v) is 3.73. The highest BCUT2D eigenvalue weighted by Crippen LogP contribution is 2.28. The monoisotopic (exact) mass is 276 g/mol. The van der Waals surface area contributed by atoms with Gasteiger partial charge in [0.2, 0.25) is 0 Å². The van der Waals surface area contributed by atoms with E-state index >= 15 is 0 Å². The molecule has 0 aliphatic carbocycles. The van der Waals surface area contributed by atoms with Crippen molar-refractivity contribution in [1.29, 1.82) is 0 Å². The molecule has 0 aliphatic rings. The second kappa shape index (κ2) is 6.78. The van der Waals surface area contributed by atoms with Gasteiger partial charge in [0.05, 0.1) is 22.1 Å². The largest absolute Gasteiger partial charge is 0.301 e. The summed E-state index contributed by atoms with van der Waals surface area (Å²) in [5.74, 6) is 0. The lowest BCUT2D eigenvalue weighted by atomic mass is 10.2. The zero-order valence-corrected chi connectivity index (χ0v) is 10.6. The van der Waals surface area contributed by atoms with Gasteiger partial charge >= 0.3 is 5.69 Å². The van der Waals surface area contributed by atoms with Gasteiger partial charge in [-0.25, -0.2) is 0 Å². The molecule has 1 aromatic rings. The molecule has 0 atom stereocenters. The molecule has 0 fully saturated rings. The molecule has 0 radical (unpaired) electrons. The van der Waals surface area contributed by atoms with Crippen LogP contribution in [-0.2, 0) is 0 Å². The van der Waals surface area contributed by atoms with Crippen LogP contribution in [0.1, 0.15) is 6.92 Å². The van der Waals surface area contributed by atoms with Crippen molar-refractivity contribution < 1.29 is 9.85 Å². The maximum Gasteiger partial charge on any atom is 0.301 e. The van der Waals surface area contributed by atoms with Gasteiger partial charge in [0.15, 0.2) is 0 Å². The molecule has 0 spiro atoms. The number of nitrogens with zero attached hydrogens (tertiary/aromatic N) is 3. The zero-order valence-electron chi connectivity index (χ0n) is 10.6. The lowest BCUT2D eigenvalue weighted by Crippen LogP contribution is -1.98. The fourth-order valence-electron chi connectivity index (χ4n) is 1.31. The molecule has 0 aliphatic heterocycles. The maximum absolute atomic E-state index is 10.9. The summed E-state index contributed by atoms with van der Waals surface area (Å²) < 4.78 is 0. The molecule has 0 saturated carbocycles. The van der Waals surface area contributed by atoms with Crippen molar-refractivity contribution in [3.05, 3.63) is 62.7 Å². The summed E-state index contributed by atoms with van der Waals surface area (Å²) in [5, 5.41) is 25.3. The van der Waals surface area contributed by atoms with Gasteiger partial charge < -0.3 is 0 Å². The molecule has 0 bridgehead atoms. The molecule has 8 nitrogen and oxygen atoms in total. The predicted octanol–water partition coefficient (Wildman–Crippen LogP) is 3.03. The molecule has 0 unspecified atom stereocenters. The Kier molecular flexibility index (Phi) is 5.10. The Hall–Kier alpha value is -3.03. The first-order valence-corrected chi connectivity index (χ1v) is 5.47. The topological polar surface area (TPSA) is 111 Å². The standard InChI is InChI=1S/C12H12N4O4/c1-3-4-9(2)8-13-14-11-6-5-10(15(17)18)7-12(11)16(19)20/h3-8,14H,1H2,2H3/b9-4?,13-8-. The number of allylic oxidation sites excluding steroid dienone is 3. The molecule has 20 heavy (non-hydrogen) atoms. The zero-order chi connectivity index (χ0) is 15.1. The average molecular weight is 276 g/mol. The summed E-state index contributed by atoms with van der Waals surface area (Å²) in [6.45, 7) is 5.29. The number of hydrogen-bond donors (Lipinski definition) is 1. The van der Waals surface area contributed by atoms with Gasteiger partial charge in [0.25, 0.3) is 5.69 Å². The minimum absolute atomic E-state index is 0.0725. The number of nitro groups is 2. The van der Waals surface area contributed by atoms with E-state index < -0.39 is 15.5 Å². The third-order valence-electron chi connectivity index (χ3n) is 2.22. The normalized spacial score (nSPS) is 11.3. The number of nitrogens with one attached hydrogen (secondary N) is 1. The van der Waals surface area contributed by atoms with Crippen molar-refractivity contribution in [2.24, 2.45) is 5.10 Å². The molecule has 1 N–H and O–H groups in total. The number of non-ortho nitro benzene ring substituents is 1. The van der Waals surface area contributed by atoms with Crippen LogP contribution in [0.15, 0.2) is 47.6 Å². The minimum atomic E-state index is -0.711. The van der Waals surface area contributed by atoms with E-state index in [4.69, 9.17) is 0 Å². The van der Waals surface area contributed by atoms with E-state index in [0.717, 1.165) is 17.7 Å². The van der Waals surface area contributed by atoms with Crippen LogP contribution in [0, 0.1) is 20.2 Å². The first-order chi connectivity index (χ1) is 9.45. The molecular weight excluding hydrogens is 264 g/mol. The van der Waals surface area contributed by atoms with Crippen molar-refractivity contribution in [3.8, 4) is 0 Å². The number of nitro benzene ring substituents is 2. The van der Waals surface area contributed by atoms with Crippen molar-refractivity contribution in [3.63, 3.8) is 0 Å². The molecule has 0 heterocycles. The van der Waals surface area contributed by atoms with E-state index in [9.17, 15) is 20.2 Å². The average Bonchev–Trinajstić information content (AvgIpc) is 2.38. The summed E-state index contributed by atoms with van der Waals surface area (Å²) in [7, 11) is 0. The molecule has 0 saturated heterocycles. The van der Waals surface area contributed by atoms with Crippen LogP contribution in [0.5, 0.6) is 0 Å². The summed E-state index contributed by atoms with van der Waals surface area (Å²) >= 11 is 0. The van der Waals surface area contributed by atoms with Crippen LogP contribution >= 0.6 is 0 Å². The summed E-state index contributed by atoms with van der Waals surface area (Å²) in [5.41, 5.74) is 2.57. The molecule has 0 aromatic heterocycles. The third kappa shape index (κ3) is 4.02. The van der Waals surface area contributed by atoms with Gasteiger partial charge in [0, 0.05) is 6.07 Å². The number of benzene rings is 1. The Morgan fingerprint density at radius 2 is 2.05 bits per heavy atom. The summed E-state index contributed by atoms with van der Waals surface area (Å²) in [6.07, 6.45) is 4.73. The van der Waals surface area contributed by atoms with E-state index in [-0.39, 0.29) is 11.4 Å². The van der Waals surface area contributed by atoms with Crippen LogP contribution in [-0.4, -0.2) is 16.1 Å². The Labute approximate surface area is 114 Å². The van der Waals surface area contributed by atoms with E-state index in [1.165, 1.54) is 12.3 Å². The quantitative estimate of drug-likeness (QED) is 0.371. The highest BCUT2D eigenvalue weighted by atomic mass is 16.6. The Bertz CT molecular complexity index is 607. The van der Waals surface area contributed by atoms with Gasteiger partial charge in [-0.2, -0.15) is 5.10 Å². The number of anilines is 1. The predicted molar refractivity (Wildman–Crippen MR) is 75.8 cm³/mol. The Balaban J connectivity index is 3.01. The fourth-order valence-corrected chi connectivity index (χ4v) is 1.31. The SMILES string of the molecule is C=CC=C(C)/C=N\Nc1ccc([N+](=O)[O-])cc1[N+](=O)[O-]. The van der Waals surface area contributed by atoms with E-state index in [1.807, 2.05) is 0 Å². The smallest absolute Gasteiger partial charge is 0.272 e. The summed E-state index contributed by atoms with van der Waals surface area (Å²) in [4.78, 5) is 20.0. The van der Waals surface area contributed by atoms with Crippen LogP contribution < -0.4 is 5.43 Å². The lowest BCUT2D eigenvalue weighted by Gasteiger charge is -2.01. The van der Waals surface area contributed by atoms with Crippen molar-refractivity contribution in [1.82, 2.24) is 0 Å².